The Morgan fingerprint density at radius 1 is 0.935 bits per heavy atom. The highest BCUT2D eigenvalue weighted by Crippen LogP contribution is 2.23. The molecule has 1 saturated heterocycles. The highest BCUT2D eigenvalue weighted by molar-refractivity contribution is 6.30. The Morgan fingerprint density at radius 2 is 1.55 bits per heavy atom. The minimum atomic E-state index is -0.787. The predicted molar refractivity (Wildman–Crippen MR) is 118 cm³/mol. The van der Waals surface area contributed by atoms with Crippen LogP contribution >= 0.6 is 11.6 Å². The number of nitrogens with zero attached hydrogens (tertiary/aromatic N) is 3. The molecular weight excluding hydrogens is 418 g/mol. The number of β-amino-alcohol motifs (C(OH)–C–C–N with tert-alkyl or cyclic N) is 1. The number of benzene rings is 2. The van der Waals surface area contributed by atoms with Gasteiger partial charge in [-0.2, -0.15) is 0 Å². The molecule has 1 aromatic heterocycles. The highest BCUT2D eigenvalue weighted by atomic mass is 35.5. The van der Waals surface area contributed by atoms with Crippen LogP contribution in [0.2, 0.25) is 5.02 Å². The van der Waals surface area contributed by atoms with Gasteiger partial charge in [0.15, 0.2) is 0 Å². The largest absolute Gasteiger partial charge is 0.391 e. The number of nitrogens with one attached hydrogen (secondary N) is 2. The first-order valence-corrected chi connectivity index (χ1v) is 10.0. The summed E-state index contributed by atoms with van der Waals surface area (Å²) < 4.78 is 0. The molecule has 3 N–H and O–H groups in total. The van der Waals surface area contributed by atoms with Gasteiger partial charge in [-0.15, -0.1) is 0 Å². The Balaban J connectivity index is 1.42. The molecular formula is C22H20ClN5O3. The minimum Gasteiger partial charge on any atom is -0.391 e. The van der Waals surface area contributed by atoms with Crippen molar-refractivity contribution < 1.29 is 14.7 Å². The highest BCUT2D eigenvalue weighted by Gasteiger charge is 2.39. The summed E-state index contributed by atoms with van der Waals surface area (Å²) >= 11 is 5.87. The molecule has 3 aromatic rings. The number of anilines is 2. The number of urea groups is 1. The van der Waals surface area contributed by atoms with Gasteiger partial charge in [-0.1, -0.05) is 23.7 Å². The fraction of sp³-hybridized carbons (Fsp3) is 0.182. The number of hydrogen-bond acceptors (Lipinski definition) is 5. The van der Waals surface area contributed by atoms with Crippen LogP contribution in [0.15, 0.2) is 67.3 Å². The zero-order chi connectivity index (χ0) is 21.8. The topological polar surface area (TPSA) is 107 Å². The van der Waals surface area contributed by atoms with Gasteiger partial charge >= 0.3 is 6.03 Å². The minimum absolute atomic E-state index is 0.0739. The molecule has 158 valence electrons. The van der Waals surface area contributed by atoms with E-state index in [9.17, 15) is 14.7 Å². The van der Waals surface area contributed by atoms with E-state index in [1.807, 2.05) is 12.1 Å². The van der Waals surface area contributed by atoms with Gasteiger partial charge in [0.05, 0.1) is 6.10 Å². The molecule has 4 rings (SSSR count). The number of carbonyl (C=O) groups excluding carboxylic acids is 2. The van der Waals surface area contributed by atoms with Gasteiger partial charge < -0.3 is 20.6 Å². The van der Waals surface area contributed by atoms with Crippen molar-refractivity contribution in [3.63, 3.8) is 0 Å². The lowest BCUT2D eigenvalue weighted by molar-refractivity contribution is -0.119. The lowest BCUT2D eigenvalue weighted by atomic mass is 10.1. The first-order chi connectivity index (χ1) is 15.0. The Hall–Kier alpha value is -3.49. The quantitative estimate of drug-likeness (QED) is 0.579. The molecule has 0 saturated carbocycles. The SMILES string of the molecule is O=C(Nc1ccc(-c2cncnc2)cc1)[C@H]1C[C@@H](O)CN1C(=O)Nc1ccc(Cl)cc1. The maximum Gasteiger partial charge on any atom is 0.322 e. The molecule has 0 radical (unpaired) electrons. The van der Waals surface area contributed by atoms with E-state index in [-0.39, 0.29) is 18.9 Å². The Labute approximate surface area is 183 Å². The van der Waals surface area contributed by atoms with Crippen LogP contribution in [0.1, 0.15) is 6.42 Å². The van der Waals surface area contributed by atoms with Crippen molar-refractivity contribution in [1.29, 1.82) is 0 Å². The number of likely N-dealkylation sites (tertiary alicyclic amines) is 1. The third-order valence-electron chi connectivity index (χ3n) is 4.98. The van der Waals surface area contributed by atoms with Crippen molar-refractivity contribution >= 4 is 34.9 Å². The molecule has 9 heteroatoms. The Kier molecular flexibility index (Phi) is 6.11. The van der Waals surface area contributed by atoms with Crippen molar-refractivity contribution in [3.8, 4) is 11.1 Å². The average Bonchev–Trinajstić information content (AvgIpc) is 3.18. The number of carbonyl (C=O) groups is 2. The van der Waals surface area contributed by atoms with Crippen molar-refractivity contribution in [1.82, 2.24) is 14.9 Å². The van der Waals surface area contributed by atoms with E-state index in [4.69, 9.17) is 11.6 Å². The molecule has 2 aromatic carbocycles. The van der Waals surface area contributed by atoms with Gasteiger partial charge in [-0.05, 0) is 42.0 Å². The molecule has 1 fully saturated rings. The van der Waals surface area contributed by atoms with Crippen LogP contribution in [0.4, 0.5) is 16.2 Å². The summed E-state index contributed by atoms with van der Waals surface area (Å²) in [6, 6.07) is 12.6. The second-order valence-electron chi connectivity index (χ2n) is 7.19. The van der Waals surface area contributed by atoms with Crippen LogP contribution in [0.3, 0.4) is 0 Å². The lowest BCUT2D eigenvalue weighted by Crippen LogP contribution is -2.45. The standard InChI is InChI=1S/C22H20ClN5O3/c23-16-3-7-18(8-4-16)27-22(31)28-12-19(29)9-20(28)21(30)26-17-5-1-14(2-6-17)15-10-24-13-25-11-15/h1-8,10-11,13,19-20,29H,9,12H2,(H,26,30)(H,27,31)/t19-,20-/m1/s1. The summed E-state index contributed by atoms with van der Waals surface area (Å²) in [6.45, 7) is 0.0739. The van der Waals surface area contributed by atoms with Crippen LogP contribution in [0.25, 0.3) is 11.1 Å². The molecule has 8 nitrogen and oxygen atoms in total. The maximum atomic E-state index is 12.8. The maximum absolute atomic E-state index is 12.8. The molecule has 1 aliphatic heterocycles. The van der Waals surface area contributed by atoms with Crippen molar-refractivity contribution in [3.05, 3.63) is 72.3 Å². The van der Waals surface area contributed by atoms with Crippen LogP contribution in [-0.4, -0.2) is 50.6 Å². The number of aliphatic hydroxyl groups is 1. The number of rotatable bonds is 4. The third kappa shape index (κ3) is 4.99. The number of halogens is 1. The number of aliphatic hydroxyl groups excluding tert-OH is 1. The molecule has 0 unspecified atom stereocenters. The Bertz CT molecular complexity index is 1060. The van der Waals surface area contributed by atoms with Crippen molar-refractivity contribution in [2.45, 2.75) is 18.6 Å². The van der Waals surface area contributed by atoms with Crippen LogP contribution < -0.4 is 10.6 Å². The van der Waals surface area contributed by atoms with E-state index in [1.54, 1.807) is 48.8 Å². The fourth-order valence-electron chi connectivity index (χ4n) is 3.44. The molecule has 31 heavy (non-hydrogen) atoms. The first-order valence-electron chi connectivity index (χ1n) is 9.67. The van der Waals surface area contributed by atoms with E-state index in [2.05, 4.69) is 20.6 Å². The molecule has 0 bridgehead atoms. The van der Waals surface area contributed by atoms with E-state index in [0.29, 0.717) is 16.4 Å². The summed E-state index contributed by atoms with van der Waals surface area (Å²) in [7, 11) is 0. The van der Waals surface area contributed by atoms with Gasteiger partial charge in [-0.25, -0.2) is 14.8 Å². The second kappa shape index (κ2) is 9.11. The molecule has 1 aliphatic rings. The lowest BCUT2D eigenvalue weighted by Gasteiger charge is -2.24. The molecule has 2 atom stereocenters. The third-order valence-corrected chi connectivity index (χ3v) is 5.24. The smallest absolute Gasteiger partial charge is 0.322 e. The van der Waals surface area contributed by atoms with Gasteiger partial charge in [0.1, 0.15) is 12.4 Å². The zero-order valence-electron chi connectivity index (χ0n) is 16.4. The predicted octanol–water partition coefficient (Wildman–Crippen LogP) is 3.40. The van der Waals surface area contributed by atoms with E-state index >= 15 is 0 Å². The average molecular weight is 438 g/mol. The van der Waals surface area contributed by atoms with Gasteiger partial charge in [-0.3, -0.25) is 4.79 Å². The Morgan fingerprint density at radius 3 is 2.23 bits per heavy atom. The second-order valence-corrected chi connectivity index (χ2v) is 7.62. The van der Waals surface area contributed by atoms with Crippen LogP contribution in [-0.2, 0) is 4.79 Å². The van der Waals surface area contributed by atoms with Gasteiger partial charge in [0, 0.05) is 47.3 Å². The van der Waals surface area contributed by atoms with Gasteiger partial charge in [0.25, 0.3) is 0 Å². The van der Waals surface area contributed by atoms with E-state index in [1.165, 1.54) is 11.2 Å². The molecule has 0 aliphatic carbocycles. The molecule has 3 amide bonds. The summed E-state index contributed by atoms with van der Waals surface area (Å²) in [5.74, 6) is -0.362. The molecule has 2 heterocycles. The van der Waals surface area contributed by atoms with Crippen LogP contribution in [0.5, 0.6) is 0 Å². The molecule has 0 spiro atoms. The zero-order valence-corrected chi connectivity index (χ0v) is 17.2. The number of hydrogen-bond donors (Lipinski definition) is 3. The van der Waals surface area contributed by atoms with Gasteiger partial charge in [0.2, 0.25) is 5.91 Å². The summed E-state index contributed by atoms with van der Waals surface area (Å²) in [5, 5.41) is 16.2. The van der Waals surface area contributed by atoms with Crippen molar-refractivity contribution in [2.24, 2.45) is 0 Å². The van der Waals surface area contributed by atoms with E-state index in [0.717, 1.165) is 11.1 Å². The number of amides is 3. The first kappa shape index (κ1) is 20.8. The summed E-state index contributed by atoms with van der Waals surface area (Å²) in [6.07, 6.45) is 4.27. The summed E-state index contributed by atoms with van der Waals surface area (Å²) in [4.78, 5) is 34.9. The van der Waals surface area contributed by atoms with Crippen molar-refractivity contribution in [2.75, 3.05) is 17.2 Å². The summed E-state index contributed by atoms with van der Waals surface area (Å²) in [5.41, 5.74) is 2.92. The van der Waals surface area contributed by atoms with Crippen LogP contribution in [0, 0.1) is 0 Å². The normalized spacial score (nSPS) is 17.9. The van der Waals surface area contributed by atoms with E-state index < -0.39 is 18.2 Å². The monoisotopic (exact) mass is 437 g/mol. The fourth-order valence-corrected chi connectivity index (χ4v) is 3.56. The number of aromatic nitrogens is 2.